The number of carbonyl (C=O) groups is 2. The summed E-state index contributed by atoms with van der Waals surface area (Å²) in [5.74, 6) is -0.114. The van der Waals surface area contributed by atoms with E-state index in [-0.39, 0.29) is 17.9 Å². The van der Waals surface area contributed by atoms with E-state index in [4.69, 9.17) is 0 Å². The Hall–Kier alpha value is -1.10. The second-order valence-corrected chi connectivity index (χ2v) is 4.27. The average molecular weight is 227 g/mol. The molecule has 5 nitrogen and oxygen atoms in total. The van der Waals surface area contributed by atoms with Crippen molar-refractivity contribution in [2.24, 2.45) is 0 Å². The van der Waals surface area contributed by atoms with Gasteiger partial charge in [0.25, 0.3) is 0 Å². The van der Waals surface area contributed by atoms with Gasteiger partial charge in [-0.25, -0.2) is 0 Å². The maximum atomic E-state index is 11.9. The number of likely N-dealkylation sites (tertiary alicyclic amines) is 1. The van der Waals surface area contributed by atoms with E-state index in [2.05, 4.69) is 10.6 Å². The number of carbonyl (C=O) groups excluding carboxylic acids is 2. The van der Waals surface area contributed by atoms with E-state index in [0.29, 0.717) is 0 Å². The Bertz CT molecular complexity index is 262. The van der Waals surface area contributed by atoms with Gasteiger partial charge < -0.3 is 15.5 Å². The molecule has 0 aromatic rings. The molecule has 0 bridgehead atoms. The van der Waals surface area contributed by atoms with Gasteiger partial charge in [-0.1, -0.05) is 0 Å². The Morgan fingerprint density at radius 2 is 1.69 bits per heavy atom. The van der Waals surface area contributed by atoms with Gasteiger partial charge in [0.2, 0.25) is 11.8 Å². The van der Waals surface area contributed by atoms with Crippen molar-refractivity contribution in [2.45, 2.75) is 38.8 Å². The molecule has 2 amide bonds. The van der Waals surface area contributed by atoms with Crippen molar-refractivity contribution in [3.8, 4) is 0 Å². The summed E-state index contributed by atoms with van der Waals surface area (Å²) in [5.41, 5.74) is 0. The number of nitrogens with one attached hydrogen (secondary N) is 2. The van der Waals surface area contributed by atoms with E-state index in [0.717, 1.165) is 25.9 Å². The van der Waals surface area contributed by atoms with Crippen molar-refractivity contribution in [3.05, 3.63) is 0 Å². The zero-order chi connectivity index (χ0) is 12.1. The van der Waals surface area contributed by atoms with Crippen molar-refractivity contribution < 1.29 is 9.59 Å². The van der Waals surface area contributed by atoms with Gasteiger partial charge in [0, 0.05) is 13.1 Å². The molecule has 2 N–H and O–H groups in total. The molecule has 1 rings (SSSR count). The average Bonchev–Trinajstić information content (AvgIpc) is 2.79. The molecule has 1 fully saturated rings. The number of rotatable bonds is 4. The third kappa shape index (κ3) is 3.20. The van der Waals surface area contributed by atoms with Crippen LogP contribution >= 0.6 is 0 Å². The van der Waals surface area contributed by atoms with Crippen molar-refractivity contribution in [1.82, 2.24) is 15.5 Å². The van der Waals surface area contributed by atoms with Crippen molar-refractivity contribution in [2.75, 3.05) is 20.1 Å². The molecule has 5 heteroatoms. The van der Waals surface area contributed by atoms with Crippen LogP contribution in [-0.2, 0) is 9.59 Å². The third-order valence-electron chi connectivity index (χ3n) is 2.97. The molecular formula is C11H21N3O2. The topological polar surface area (TPSA) is 61.4 Å². The molecule has 16 heavy (non-hydrogen) atoms. The molecule has 0 aromatic carbocycles. The monoisotopic (exact) mass is 227 g/mol. The lowest BCUT2D eigenvalue weighted by molar-refractivity contribution is -0.135. The molecule has 92 valence electrons. The predicted octanol–water partition coefficient (Wildman–Crippen LogP) is -0.279. The Balaban J connectivity index is 2.41. The summed E-state index contributed by atoms with van der Waals surface area (Å²) >= 11 is 0. The summed E-state index contributed by atoms with van der Waals surface area (Å²) in [6.07, 6.45) is 2.14. The summed E-state index contributed by atoms with van der Waals surface area (Å²) in [6, 6.07) is -0.699. The largest absolute Gasteiger partial charge is 0.343 e. The van der Waals surface area contributed by atoms with Gasteiger partial charge in [0.1, 0.15) is 6.04 Å². The highest BCUT2D eigenvalue weighted by Gasteiger charge is 2.25. The quantitative estimate of drug-likeness (QED) is 0.694. The minimum atomic E-state index is -0.429. The van der Waals surface area contributed by atoms with Crippen LogP contribution in [0.4, 0.5) is 0 Å². The highest BCUT2D eigenvalue weighted by molar-refractivity contribution is 5.89. The molecule has 0 radical (unpaired) electrons. The SMILES string of the molecule is CNC(C)C(=O)NC(C)C(=O)N1CCCC1. The fraction of sp³-hybridized carbons (Fsp3) is 0.818. The first-order chi connectivity index (χ1) is 7.56. The van der Waals surface area contributed by atoms with E-state index in [1.165, 1.54) is 0 Å². The third-order valence-corrected chi connectivity index (χ3v) is 2.97. The van der Waals surface area contributed by atoms with Crippen LogP contribution in [0.15, 0.2) is 0 Å². The normalized spacial score (nSPS) is 19.3. The molecule has 0 aliphatic carbocycles. The van der Waals surface area contributed by atoms with Gasteiger partial charge in [0.05, 0.1) is 6.04 Å². The van der Waals surface area contributed by atoms with E-state index in [9.17, 15) is 9.59 Å². The number of hydrogen-bond acceptors (Lipinski definition) is 3. The van der Waals surface area contributed by atoms with E-state index >= 15 is 0 Å². The van der Waals surface area contributed by atoms with Crippen LogP contribution in [0.25, 0.3) is 0 Å². The second-order valence-electron chi connectivity index (χ2n) is 4.27. The Morgan fingerprint density at radius 1 is 1.12 bits per heavy atom. The lowest BCUT2D eigenvalue weighted by atomic mass is 10.2. The van der Waals surface area contributed by atoms with Crippen LogP contribution < -0.4 is 10.6 Å². The van der Waals surface area contributed by atoms with Crippen LogP contribution in [0.3, 0.4) is 0 Å². The Morgan fingerprint density at radius 3 is 2.19 bits per heavy atom. The van der Waals surface area contributed by atoms with Gasteiger partial charge >= 0.3 is 0 Å². The zero-order valence-electron chi connectivity index (χ0n) is 10.2. The molecule has 1 aliphatic heterocycles. The smallest absolute Gasteiger partial charge is 0.244 e. The first-order valence-electron chi connectivity index (χ1n) is 5.82. The minimum Gasteiger partial charge on any atom is -0.343 e. The van der Waals surface area contributed by atoms with Gasteiger partial charge in [-0.05, 0) is 33.7 Å². The summed E-state index contributed by atoms with van der Waals surface area (Å²) in [5, 5.41) is 5.56. The summed E-state index contributed by atoms with van der Waals surface area (Å²) in [7, 11) is 1.72. The first kappa shape index (κ1) is 13.0. The van der Waals surface area contributed by atoms with Gasteiger partial charge in [-0.3, -0.25) is 9.59 Å². The molecule has 2 unspecified atom stereocenters. The lowest BCUT2D eigenvalue weighted by Crippen LogP contribution is -2.50. The van der Waals surface area contributed by atoms with Crippen LogP contribution in [0.2, 0.25) is 0 Å². The summed E-state index contributed by atoms with van der Waals surface area (Å²) in [6.45, 7) is 5.14. The molecule has 1 aliphatic rings. The van der Waals surface area contributed by atoms with E-state index < -0.39 is 6.04 Å². The number of hydrogen-bond donors (Lipinski definition) is 2. The molecule has 0 spiro atoms. The molecule has 0 saturated carbocycles. The summed E-state index contributed by atoms with van der Waals surface area (Å²) < 4.78 is 0. The van der Waals surface area contributed by atoms with Gasteiger partial charge in [0.15, 0.2) is 0 Å². The fourth-order valence-electron chi connectivity index (χ4n) is 1.74. The number of nitrogens with zero attached hydrogens (tertiary/aromatic N) is 1. The lowest BCUT2D eigenvalue weighted by Gasteiger charge is -2.22. The molecule has 0 aromatic heterocycles. The molecule has 1 heterocycles. The summed E-state index contributed by atoms with van der Waals surface area (Å²) in [4.78, 5) is 25.3. The molecule has 1 saturated heterocycles. The van der Waals surface area contributed by atoms with E-state index in [1.54, 1.807) is 20.9 Å². The van der Waals surface area contributed by atoms with Crippen LogP contribution in [0, 0.1) is 0 Å². The van der Waals surface area contributed by atoms with Crippen molar-refractivity contribution in [1.29, 1.82) is 0 Å². The first-order valence-corrected chi connectivity index (χ1v) is 5.82. The van der Waals surface area contributed by atoms with Gasteiger partial charge in [-0.15, -0.1) is 0 Å². The second kappa shape index (κ2) is 5.84. The molecular weight excluding hydrogens is 206 g/mol. The van der Waals surface area contributed by atoms with Crippen LogP contribution in [0.5, 0.6) is 0 Å². The van der Waals surface area contributed by atoms with Crippen molar-refractivity contribution in [3.63, 3.8) is 0 Å². The maximum Gasteiger partial charge on any atom is 0.244 e. The van der Waals surface area contributed by atoms with E-state index in [1.807, 2.05) is 4.90 Å². The Labute approximate surface area is 96.6 Å². The number of amides is 2. The maximum absolute atomic E-state index is 11.9. The highest BCUT2D eigenvalue weighted by atomic mass is 16.2. The van der Waals surface area contributed by atoms with Crippen LogP contribution in [-0.4, -0.2) is 48.9 Å². The molecule has 2 atom stereocenters. The minimum absolute atomic E-state index is 0.0224. The van der Waals surface area contributed by atoms with Crippen molar-refractivity contribution >= 4 is 11.8 Å². The standard InChI is InChI=1S/C11H21N3O2/c1-8(12-3)10(15)13-9(2)11(16)14-6-4-5-7-14/h8-9,12H,4-7H2,1-3H3,(H,13,15). The zero-order valence-corrected chi connectivity index (χ0v) is 10.2. The fourth-order valence-corrected chi connectivity index (χ4v) is 1.74. The Kier molecular flexibility index (Phi) is 4.73. The number of likely N-dealkylation sites (N-methyl/N-ethyl adjacent to an activating group) is 1. The van der Waals surface area contributed by atoms with Crippen LogP contribution in [0.1, 0.15) is 26.7 Å². The highest BCUT2D eigenvalue weighted by Crippen LogP contribution is 2.08. The van der Waals surface area contributed by atoms with Gasteiger partial charge in [-0.2, -0.15) is 0 Å². The predicted molar refractivity (Wildman–Crippen MR) is 61.9 cm³/mol.